The second-order valence-corrected chi connectivity index (χ2v) is 8.45. The van der Waals surface area contributed by atoms with Gasteiger partial charge in [-0.2, -0.15) is 0 Å². The quantitative estimate of drug-likeness (QED) is 0.333. The van der Waals surface area contributed by atoms with E-state index in [9.17, 15) is 4.79 Å². The molecule has 6 heteroatoms. The molecule has 0 saturated heterocycles. The molecule has 5 nitrogen and oxygen atoms in total. The third-order valence-electron chi connectivity index (χ3n) is 5.27. The van der Waals surface area contributed by atoms with Crippen molar-refractivity contribution in [1.29, 1.82) is 0 Å². The van der Waals surface area contributed by atoms with Gasteiger partial charge in [0.25, 0.3) is 5.91 Å². The van der Waals surface area contributed by atoms with Crippen LogP contribution < -0.4 is 21.1 Å². The van der Waals surface area contributed by atoms with Crippen LogP contribution in [0.3, 0.4) is 0 Å². The van der Waals surface area contributed by atoms with Crippen LogP contribution in [0.1, 0.15) is 33.8 Å². The molecule has 0 fully saturated rings. The fourth-order valence-corrected chi connectivity index (χ4v) is 4.46. The number of carbonyl (C=O) groups is 1. The summed E-state index contributed by atoms with van der Waals surface area (Å²) in [4.78, 5) is 13.4. The number of nitrogens with two attached hydrogens (primary N) is 1. The summed E-state index contributed by atoms with van der Waals surface area (Å²) >= 11 is 1.48. The summed E-state index contributed by atoms with van der Waals surface area (Å²) in [5.41, 5.74) is 9.40. The first kappa shape index (κ1) is 20.9. The molecule has 0 aliphatic rings. The van der Waals surface area contributed by atoms with E-state index < -0.39 is 0 Å². The molecule has 1 aromatic heterocycles. The van der Waals surface area contributed by atoms with Gasteiger partial charge < -0.3 is 21.1 Å². The molecule has 31 heavy (non-hydrogen) atoms. The molecule has 0 spiro atoms. The van der Waals surface area contributed by atoms with Crippen LogP contribution >= 0.6 is 11.3 Å². The van der Waals surface area contributed by atoms with E-state index in [1.54, 1.807) is 19.2 Å². The van der Waals surface area contributed by atoms with Crippen molar-refractivity contribution in [3.05, 3.63) is 88.8 Å². The van der Waals surface area contributed by atoms with E-state index in [-0.39, 0.29) is 11.9 Å². The van der Waals surface area contributed by atoms with Gasteiger partial charge in [-0.15, -0.1) is 11.3 Å². The van der Waals surface area contributed by atoms with Crippen molar-refractivity contribution < 1.29 is 9.53 Å². The zero-order valence-corrected chi connectivity index (χ0v) is 18.3. The average Bonchev–Trinajstić information content (AvgIpc) is 3.23. The van der Waals surface area contributed by atoms with E-state index in [1.165, 1.54) is 16.9 Å². The van der Waals surface area contributed by atoms with Gasteiger partial charge in [-0.05, 0) is 48.2 Å². The number of anilines is 2. The van der Waals surface area contributed by atoms with Crippen LogP contribution in [0.25, 0.3) is 10.1 Å². The number of methoxy groups -OCH3 is 1. The first-order valence-corrected chi connectivity index (χ1v) is 10.9. The van der Waals surface area contributed by atoms with Gasteiger partial charge in [-0.1, -0.05) is 42.5 Å². The van der Waals surface area contributed by atoms with Crippen molar-refractivity contribution in [2.24, 2.45) is 0 Å². The molecule has 0 saturated carbocycles. The largest absolute Gasteiger partial charge is 0.496 e. The highest BCUT2D eigenvalue weighted by Crippen LogP contribution is 2.30. The van der Waals surface area contributed by atoms with Gasteiger partial charge >= 0.3 is 0 Å². The van der Waals surface area contributed by atoms with Crippen LogP contribution in [-0.4, -0.2) is 13.0 Å². The minimum Gasteiger partial charge on any atom is -0.496 e. The van der Waals surface area contributed by atoms with Gasteiger partial charge in [0.2, 0.25) is 0 Å². The van der Waals surface area contributed by atoms with Gasteiger partial charge in [-0.3, -0.25) is 4.79 Å². The molecule has 0 aliphatic carbocycles. The molecule has 1 atom stereocenters. The lowest BCUT2D eigenvalue weighted by Gasteiger charge is -2.16. The number of amides is 1. The van der Waals surface area contributed by atoms with Crippen LogP contribution in [0, 0.1) is 0 Å². The Bertz CT molecular complexity index is 1220. The second kappa shape index (κ2) is 9.20. The van der Waals surface area contributed by atoms with Crippen LogP contribution in [0.5, 0.6) is 5.75 Å². The molecule has 4 rings (SSSR count). The van der Waals surface area contributed by atoms with E-state index >= 15 is 0 Å². The predicted octanol–water partition coefficient (Wildman–Crippen LogP) is 5.60. The van der Waals surface area contributed by atoms with Crippen molar-refractivity contribution in [2.75, 3.05) is 18.2 Å². The summed E-state index contributed by atoms with van der Waals surface area (Å²) in [6, 6.07) is 23.7. The lowest BCUT2D eigenvalue weighted by molar-refractivity contribution is 0.103. The molecule has 4 aromatic rings. The molecule has 158 valence electrons. The monoisotopic (exact) mass is 431 g/mol. The summed E-state index contributed by atoms with van der Waals surface area (Å²) in [7, 11) is 1.69. The standard InChI is InChI=1S/C25H25N3O2S/c1-16(27-15-19-7-3-6-10-22(19)30-2)17-11-12-18-14-24(31-23(18)13-17)25(29)28-21-9-5-4-8-20(21)26/h3-14,16,27H,15,26H2,1-2H3,(H,28,29). The van der Waals surface area contributed by atoms with Crippen LogP contribution in [0.2, 0.25) is 0 Å². The fraction of sp³-hybridized carbons (Fsp3) is 0.160. The van der Waals surface area contributed by atoms with Gasteiger partial charge in [0, 0.05) is 22.8 Å². The van der Waals surface area contributed by atoms with Crippen molar-refractivity contribution >= 4 is 38.7 Å². The summed E-state index contributed by atoms with van der Waals surface area (Å²) in [5, 5.41) is 7.50. The van der Waals surface area contributed by atoms with E-state index in [1.807, 2.05) is 36.4 Å². The smallest absolute Gasteiger partial charge is 0.265 e. The third kappa shape index (κ3) is 4.71. The minimum atomic E-state index is -0.150. The van der Waals surface area contributed by atoms with Crippen molar-refractivity contribution in [3.63, 3.8) is 0 Å². The van der Waals surface area contributed by atoms with E-state index in [4.69, 9.17) is 10.5 Å². The van der Waals surface area contributed by atoms with Crippen LogP contribution in [0.4, 0.5) is 11.4 Å². The Morgan fingerprint density at radius 1 is 1.06 bits per heavy atom. The maximum atomic E-state index is 12.7. The van der Waals surface area contributed by atoms with Crippen LogP contribution in [-0.2, 0) is 6.54 Å². The van der Waals surface area contributed by atoms with Crippen molar-refractivity contribution in [1.82, 2.24) is 5.32 Å². The number of ether oxygens (including phenoxy) is 1. The molecule has 0 aliphatic heterocycles. The first-order chi connectivity index (χ1) is 15.0. The summed E-state index contributed by atoms with van der Waals surface area (Å²) in [6.07, 6.45) is 0. The zero-order valence-electron chi connectivity index (χ0n) is 17.5. The number of para-hydroxylation sites is 3. The fourth-order valence-electron chi connectivity index (χ4n) is 3.45. The number of fused-ring (bicyclic) bond motifs is 1. The number of hydrogen-bond donors (Lipinski definition) is 3. The molecule has 1 unspecified atom stereocenters. The van der Waals surface area contributed by atoms with E-state index in [0.717, 1.165) is 21.4 Å². The van der Waals surface area contributed by atoms with Gasteiger partial charge in [-0.25, -0.2) is 0 Å². The molecule has 1 amide bonds. The van der Waals surface area contributed by atoms with Gasteiger partial charge in [0.05, 0.1) is 23.4 Å². The SMILES string of the molecule is COc1ccccc1CNC(C)c1ccc2cc(C(=O)Nc3ccccc3N)sc2c1. The lowest BCUT2D eigenvalue weighted by atomic mass is 10.1. The number of carbonyl (C=O) groups excluding carboxylic acids is 1. The summed E-state index contributed by atoms with van der Waals surface area (Å²) < 4.78 is 6.51. The molecular weight excluding hydrogens is 406 g/mol. The minimum absolute atomic E-state index is 0.150. The highest BCUT2D eigenvalue weighted by molar-refractivity contribution is 7.20. The second-order valence-electron chi connectivity index (χ2n) is 7.36. The normalized spacial score (nSPS) is 11.9. The molecular formula is C25H25N3O2S. The zero-order chi connectivity index (χ0) is 21.8. The van der Waals surface area contributed by atoms with Crippen LogP contribution in [0.15, 0.2) is 72.8 Å². The molecule has 0 radical (unpaired) electrons. The number of nitrogen functional groups attached to an aromatic ring is 1. The van der Waals surface area contributed by atoms with Gasteiger partial charge in [0.15, 0.2) is 0 Å². The van der Waals surface area contributed by atoms with Crippen molar-refractivity contribution in [3.8, 4) is 5.75 Å². The Balaban J connectivity index is 1.48. The number of benzene rings is 3. The Labute approximate surface area is 185 Å². The Hall–Kier alpha value is -3.35. The van der Waals surface area contributed by atoms with Crippen molar-refractivity contribution in [2.45, 2.75) is 19.5 Å². The number of thiophene rings is 1. The Morgan fingerprint density at radius 3 is 2.65 bits per heavy atom. The summed E-state index contributed by atoms with van der Waals surface area (Å²) in [5.74, 6) is 0.730. The van der Waals surface area contributed by atoms with Gasteiger partial charge in [0.1, 0.15) is 5.75 Å². The molecule has 4 N–H and O–H groups in total. The molecule has 3 aromatic carbocycles. The number of rotatable bonds is 7. The highest BCUT2D eigenvalue weighted by atomic mass is 32.1. The molecule has 1 heterocycles. The van der Waals surface area contributed by atoms with E-state index in [2.05, 4.69) is 41.8 Å². The highest BCUT2D eigenvalue weighted by Gasteiger charge is 2.14. The third-order valence-corrected chi connectivity index (χ3v) is 6.36. The summed E-state index contributed by atoms with van der Waals surface area (Å²) in [6.45, 7) is 2.84. The predicted molar refractivity (Wildman–Crippen MR) is 129 cm³/mol. The first-order valence-electron chi connectivity index (χ1n) is 10.1. The maximum Gasteiger partial charge on any atom is 0.265 e. The number of nitrogens with one attached hydrogen (secondary N) is 2. The molecule has 0 bridgehead atoms. The topological polar surface area (TPSA) is 76.4 Å². The lowest BCUT2D eigenvalue weighted by Crippen LogP contribution is -2.18. The van der Waals surface area contributed by atoms with E-state index in [0.29, 0.717) is 22.8 Å². The maximum absolute atomic E-state index is 12.7. The Morgan fingerprint density at radius 2 is 1.84 bits per heavy atom. The average molecular weight is 432 g/mol. The Kier molecular flexibility index (Phi) is 6.21. The number of hydrogen-bond acceptors (Lipinski definition) is 5.